The third-order valence-corrected chi connectivity index (χ3v) is 13.8. The predicted octanol–water partition coefficient (Wildman–Crippen LogP) is 3.42. The van der Waals surface area contributed by atoms with Crippen molar-refractivity contribution in [3.8, 4) is 0 Å². The van der Waals surface area contributed by atoms with E-state index in [0.29, 0.717) is 0 Å². The van der Waals surface area contributed by atoms with E-state index in [1.54, 1.807) is 25.5 Å². The summed E-state index contributed by atoms with van der Waals surface area (Å²) < 4.78 is 59.2. The Labute approximate surface area is 73.7 Å². The van der Waals surface area contributed by atoms with Crippen molar-refractivity contribution in [1.29, 1.82) is 0 Å². The molecule has 0 heterocycles. The minimum absolute atomic E-state index is 1.68. The standard InChI is InChI=1S/C2Br2F6Te/c3-11(4,1(5,6)7)2(8,9)10. The summed E-state index contributed by atoms with van der Waals surface area (Å²) in [6, 6.07) is 0. The van der Waals surface area contributed by atoms with Crippen LogP contribution in [0.4, 0.5) is 26.3 Å². The first-order valence-electron chi connectivity index (χ1n) is 1.85. The van der Waals surface area contributed by atoms with Crippen LogP contribution in [0.15, 0.2) is 0 Å². The molecule has 0 fully saturated rings. The third-order valence-electron chi connectivity index (χ3n) is 0.581. The van der Waals surface area contributed by atoms with Crippen LogP contribution in [0.25, 0.3) is 0 Å². The molecular formula is C2Br2F6Te. The molecule has 0 aromatic heterocycles. The maximum atomic E-state index is 11.6. The molecule has 0 saturated carbocycles. The average Bonchev–Trinajstić information content (AvgIpc) is 1.58. The molecule has 0 bridgehead atoms. The second-order valence-corrected chi connectivity index (χ2v) is 25.5. The summed E-state index contributed by atoms with van der Waals surface area (Å²) in [5.74, 6) is 0. The van der Waals surface area contributed by atoms with Crippen molar-refractivity contribution in [2.45, 2.75) is 8.45 Å². The van der Waals surface area contributed by atoms with Crippen LogP contribution in [0.5, 0.6) is 0 Å². The van der Waals surface area contributed by atoms with Crippen molar-refractivity contribution >= 4 is 39.3 Å². The summed E-state index contributed by atoms with van der Waals surface area (Å²) in [7, 11) is 0. The first-order valence-corrected chi connectivity index (χ1v) is 14.6. The Morgan fingerprint density at radius 3 is 0.909 bits per heavy atom. The van der Waals surface area contributed by atoms with E-state index in [0.717, 1.165) is 0 Å². The monoisotopic (exact) mass is 426 g/mol. The maximum absolute atomic E-state index is 11.6. The quantitative estimate of drug-likeness (QED) is 0.412. The summed E-state index contributed by atoms with van der Waals surface area (Å²) in [6.07, 6.45) is 0. The van der Waals surface area contributed by atoms with Crippen molar-refractivity contribution in [2.75, 3.05) is 0 Å². The fourth-order valence-electron chi connectivity index (χ4n) is 0.131. The molecule has 0 N–H and O–H groups in total. The molecule has 70 valence electrons. The molecule has 0 amide bonds. The molecule has 0 atom stereocenters. The van der Waals surface area contributed by atoms with Crippen molar-refractivity contribution in [1.82, 2.24) is 0 Å². The zero-order chi connectivity index (χ0) is 9.50. The molecule has 0 saturated heterocycles. The summed E-state index contributed by atoms with van der Waals surface area (Å²) in [5.41, 5.74) is 0. The van der Waals surface area contributed by atoms with E-state index in [1.165, 1.54) is 0 Å². The van der Waals surface area contributed by atoms with E-state index >= 15 is 0 Å². The van der Waals surface area contributed by atoms with Gasteiger partial charge in [0, 0.05) is 0 Å². The van der Waals surface area contributed by atoms with Crippen LogP contribution in [0.3, 0.4) is 0 Å². The van der Waals surface area contributed by atoms with Crippen LogP contribution in [0.1, 0.15) is 0 Å². The number of rotatable bonds is 0. The number of hydrogen-bond acceptors (Lipinski definition) is 0. The zero-order valence-electron chi connectivity index (χ0n) is 4.43. The Kier molecular flexibility index (Phi) is 3.63. The van der Waals surface area contributed by atoms with E-state index in [-0.39, 0.29) is 0 Å². The second-order valence-electron chi connectivity index (χ2n) is 1.36. The van der Waals surface area contributed by atoms with Gasteiger partial charge in [-0.15, -0.1) is 0 Å². The normalized spacial score (nSPS) is 16.7. The molecule has 0 aliphatic rings. The number of hydrogen-bond donors (Lipinski definition) is 0. The van der Waals surface area contributed by atoms with Gasteiger partial charge in [0.1, 0.15) is 0 Å². The fourth-order valence-corrected chi connectivity index (χ4v) is 0.880. The van der Waals surface area contributed by atoms with Gasteiger partial charge in [0.2, 0.25) is 0 Å². The molecule has 0 aliphatic heterocycles. The van der Waals surface area contributed by atoms with Crippen molar-refractivity contribution < 1.29 is 26.3 Å². The first kappa shape index (κ1) is 12.3. The van der Waals surface area contributed by atoms with Crippen molar-refractivity contribution in [3.05, 3.63) is 0 Å². The van der Waals surface area contributed by atoms with Gasteiger partial charge in [-0.05, 0) is 0 Å². The molecular weight excluding hydrogens is 425 g/mol. The minimum atomic E-state index is -6.03. The molecule has 0 aromatic carbocycles. The number of halogens is 8. The summed E-state index contributed by atoms with van der Waals surface area (Å²) in [5, 5.41) is 0. The predicted molar refractivity (Wildman–Crippen MR) is 35.7 cm³/mol. The van der Waals surface area contributed by atoms with Gasteiger partial charge in [-0.3, -0.25) is 0 Å². The van der Waals surface area contributed by atoms with E-state index < -0.39 is 22.2 Å². The van der Waals surface area contributed by atoms with Crippen LogP contribution in [-0.2, 0) is 0 Å². The van der Waals surface area contributed by atoms with Gasteiger partial charge in [0.15, 0.2) is 0 Å². The van der Waals surface area contributed by atoms with Crippen LogP contribution in [0, 0.1) is 0 Å². The van der Waals surface area contributed by atoms with Crippen molar-refractivity contribution in [3.63, 3.8) is 0 Å². The van der Waals surface area contributed by atoms with Gasteiger partial charge in [-0.1, -0.05) is 0 Å². The topological polar surface area (TPSA) is 0 Å². The molecule has 9 heteroatoms. The van der Waals surface area contributed by atoms with Gasteiger partial charge in [-0.2, -0.15) is 0 Å². The van der Waals surface area contributed by atoms with Crippen LogP contribution < -0.4 is 0 Å². The second kappa shape index (κ2) is 3.24. The van der Waals surface area contributed by atoms with Gasteiger partial charge in [-0.25, -0.2) is 0 Å². The average molecular weight is 425 g/mol. The number of alkyl halides is 6. The Bertz CT molecular complexity index is 130. The molecule has 11 heavy (non-hydrogen) atoms. The summed E-state index contributed by atoms with van der Waals surface area (Å²) in [4.78, 5) is 0. The van der Waals surface area contributed by atoms with Gasteiger partial charge < -0.3 is 0 Å². The van der Waals surface area contributed by atoms with Gasteiger partial charge in [0.05, 0.1) is 0 Å². The van der Waals surface area contributed by atoms with Gasteiger partial charge in [0.25, 0.3) is 0 Å². The Balaban J connectivity index is 4.75. The molecule has 0 radical (unpaired) electrons. The van der Waals surface area contributed by atoms with Crippen LogP contribution in [0.2, 0.25) is 0 Å². The van der Waals surface area contributed by atoms with Crippen LogP contribution >= 0.6 is 25.5 Å². The van der Waals surface area contributed by atoms with E-state index in [2.05, 4.69) is 0 Å². The molecule has 0 rings (SSSR count). The fraction of sp³-hybridized carbons (Fsp3) is 1.00. The van der Waals surface area contributed by atoms with Crippen molar-refractivity contribution in [2.24, 2.45) is 0 Å². The Morgan fingerprint density at radius 1 is 0.727 bits per heavy atom. The Morgan fingerprint density at radius 2 is 0.909 bits per heavy atom. The molecule has 0 unspecified atom stereocenters. The summed E-state index contributed by atoms with van der Waals surface area (Å²) in [6.45, 7) is 0. The third kappa shape index (κ3) is 2.64. The Hall–Kier alpha value is 1.33. The zero-order valence-corrected chi connectivity index (χ0v) is 9.93. The SMILES string of the molecule is FC(F)(F)[Te](Br)(Br)C(F)(F)F. The molecule has 0 aliphatic carbocycles. The molecule has 0 nitrogen and oxygen atoms in total. The summed E-state index contributed by atoms with van der Waals surface area (Å²) >= 11 is -2.67. The van der Waals surface area contributed by atoms with E-state index in [9.17, 15) is 26.3 Å². The molecule has 0 aromatic rings. The van der Waals surface area contributed by atoms with E-state index in [1.807, 2.05) is 0 Å². The first-order chi connectivity index (χ1) is 4.50. The van der Waals surface area contributed by atoms with E-state index in [4.69, 9.17) is 0 Å². The van der Waals surface area contributed by atoms with Crippen LogP contribution in [-0.4, -0.2) is 22.2 Å². The molecule has 0 spiro atoms. The van der Waals surface area contributed by atoms with Gasteiger partial charge >= 0.3 is 74.1 Å².